The van der Waals surface area contributed by atoms with E-state index in [1.165, 1.54) is 50.5 Å². The van der Waals surface area contributed by atoms with Crippen LogP contribution in [-0.2, 0) is 6.42 Å². The molecule has 3 rings (SSSR count). The van der Waals surface area contributed by atoms with E-state index in [1.807, 2.05) is 30.3 Å². The number of hydrogen-bond acceptors (Lipinski definition) is 3. The molecular weight excluding hydrogens is 468 g/mol. The number of unbranched alkanes of at least 4 members (excludes halogenated alkanes) is 7. The molecule has 3 aromatic carbocycles. The standard InChI is InChI=1S/C32H39ClO3/c1-3-5-7-8-9-10-12-26-15-18-28(24-31(26)33)25-13-16-27(17-14-25)32(34)36-30-21-19-29(20-22-30)35-23-11-6-4-2/h13-22,24H,3-12,23H2,1-2H3. The molecule has 192 valence electrons. The number of ether oxygens (including phenoxy) is 2. The maximum Gasteiger partial charge on any atom is 0.343 e. The van der Waals surface area contributed by atoms with Crippen LogP contribution in [0.5, 0.6) is 11.5 Å². The lowest BCUT2D eigenvalue weighted by atomic mass is 10.00. The van der Waals surface area contributed by atoms with Gasteiger partial charge in [0.05, 0.1) is 12.2 Å². The van der Waals surface area contributed by atoms with Crippen molar-refractivity contribution >= 4 is 17.6 Å². The molecule has 0 spiro atoms. The predicted molar refractivity (Wildman–Crippen MR) is 150 cm³/mol. The second kappa shape index (κ2) is 15.4. The topological polar surface area (TPSA) is 35.5 Å². The van der Waals surface area contributed by atoms with Crippen molar-refractivity contribution in [3.05, 3.63) is 82.9 Å². The average Bonchev–Trinajstić information content (AvgIpc) is 2.90. The molecule has 3 aromatic rings. The van der Waals surface area contributed by atoms with Gasteiger partial charge in [-0.3, -0.25) is 0 Å². The Bertz CT molecular complexity index is 1060. The fraction of sp³-hybridized carbons (Fsp3) is 0.406. The fourth-order valence-electron chi connectivity index (χ4n) is 4.14. The summed E-state index contributed by atoms with van der Waals surface area (Å²) >= 11 is 6.58. The largest absolute Gasteiger partial charge is 0.494 e. The summed E-state index contributed by atoms with van der Waals surface area (Å²) in [7, 11) is 0. The Labute approximate surface area is 221 Å². The number of carbonyl (C=O) groups excluding carboxylic acids is 1. The summed E-state index contributed by atoms with van der Waals surface area (Å²) in [6.07, 6.45) is 12.0. The highest BCUT2D eigenvalue weighted by Crippen LogP contribution is 2.28. The smallest absolute Gasteiger partial charge is 0.343 e. The molecule has 0 aliphatic rings. The van der Waals surface area contributed by atoms with Crippen LogP contribution in [0.1, 0.15) is 87.6 Å². The predicted octanol–water partition coefficient (Wildman–Crippen LogP) is 9.70. The number of hydrogen-bond donors (Lipinski definition) is 0. The minimum absolute atomic E-state index is 0.384. The minimum atomic E-state index is -0.384. The lowest BCUT2D eigenvalue weighted by Crippen LogP contribution is -2.08. The number of carbonyl (C=O) groups is 1. The molecule has 4 heteroatoms. The Morgan fingerprint density at radius 3 is 2.00 bits per heavy atom. The highest BCUT2D eigenvalue weighted by atomic mass is 35.5. The first-order valence-corrected chi connectivity index (χ1v) is 13.8. The fourth-order valence-corrected chi connectivity index (χ4v) is 4.41. The Kier molecular flexibility index (Phi) is 11.9. The maximum absolute atomic E-state index is 12.6. The van der Waals surface area contributed by atoms with Crippen molar-refractivity contribution in [1.29, 1.82) is 0 Å². The molecule has 0 N–H and O–H groups in total. The lowest BCUT2D eigenvalue weighted by Gasteiger charge is -2.09. The molecule has 0 aliphatic carbocycles. The van der Waals surface area contributed by atoms with E-state index in [-0.39, 0.29) is 5.97 Å². The molecule has 0 saturated heterocycles. The van der Waals surface area contributed by atoms with E-state index in [1.54, 1.807) is 24.3 Å². The monoisotopic (exact) mass is 506 g/mol. The molecule has 0 fully saturated rings. The van der Waals surface area contributed by atoms with Crippen molar-refractivity contribution in [3.63, 3.8) is 0 Å². The molecule has 0 bridgehead atoms. The number of rotatable bonds is 15. The summed E-state index contributed by atoms with van der Waals surface area (Å²) in [4.78, 5) is 12.6. The minimum Gasteiger partial charge on any atom is -0.494 e. The molecule has 36 heavy (non-hydrogen) atoms. The van der Waals surface area contributed by atoms with Gasteiger partial charge in [-0.05, 0) is 78.4 Å². The third kappa shape index (κ3) is 9.02. The van der Waals surface area contributed by atoms with Crippen molar-refractivity contribution in [1.82, 2.24) is 0 Å². The van der Waals surface area contributed by atoms with Crippen LogP contribution in [0.3, 0.4) is 0 Å². The Morgan fingerprint density at radius 2 is 1.31 bits per heavy atom. The third-order valence-corrected chi connectivity index (χ3v) is 6.71. The number of aryl methyl sites for hydroxylation is 1. The van der Waals surface area contributed by atoms with Gasteiger partial charge in [0.25, 0.3) is 0 Å². The summed E-state index contributed by atoms with van der Waals surface area (Å²) in [5.41, 5.74) is 3.77. The molecule has 0 heterocycles. The first-order chi connectivity index (χ1) is 17.6. The molecular formula is C32H39ClO3. The second-order valence-electron chi connectivity index (χ2n) is 9.32. The maximum atomic E-state index is 12.6. The van der Waals surface area contributed by atoms with Gasteiger partial charge in [-0.2, -0.15) is 0 Å². The third-order valence-electron chi connectivity index (χ3n) is 6.36. The van der Waals surface area contributed by atoms with Crippen molar-refractivity contribution in [3.8, 4) is 22.6 Å². The van der Waals surface area contributed by atoms with Gasteiger partial charge in [0.2, 0.25) is 0 Å². The molecule has 0 radical (unpaired) electrons. The zero-order chi connectivity index (χ0) is 25.6. The van der Waals surface area contributed by atoms with Crippen LogP contribution >= 0.6 is 11.6 Å². The van der Waals surface area contributed by atoms with Crippen LogP contribution in [0.4, 0.5) is 0 Å². The van der Waals surface area contributed by atoms with Crippen molar-refractivity contribution in [2.75, 3.05) is 6.61 Å². The Hall–Kier alpha value is -2.78. The normalized spacial score (nSPS) is 10.9. The van der Waals surface area contributed by atoms with Crippen molar-refractivity contribution in [2.45, 2.75) is 78.1 Å². The van der Waals surface area contributed by atoms with Gasteiger partial charge in [0, 0.05) is 5.02 Å². The molecule has 3 nitrogen and oxygen atoms in total. The van der Waals surface area contributed by atoms with Crippen LogP contribution in [-0.4, -0.2) is 12.6 Å². The van der Waals surface area contributed by atoms with Gasteiger partial charge in [0.15, 0.2) is 0 Å². The SMILES string of the molecule is CCCCCCCCc1ccc(-c2ccc(C(=O)Oc3ccc(OCCCCC)cc3)cc2)cc1Cl. The molecule has 0 amide bonds. The van der Waals surface area contributed by atoms with E-state index in [0.717, 1.165) is 41.2 Å². The van der Waals surface area contributed by atoms with Crippen LogP contribution in [0.15, 0.2) is 66.7 Å². The molecule has 0 atom stereocenters. The van der Waals surface area contributed by atoms with E-state index in [2.05, 4.69) is 26.0 Å². The summed E-state index contributed by atoms with van der Waals surface area (Å²) in [5.74, 6) is 0.898. The van der Waals surface area contributed by atoms with Gasteiger partial charge < -0.3 is 9.47 Å². The van der Waals surface area contributed by atoms with E-state index in [0.29, 0.717) is 17.9 Å². The van der Waals surface area contributed by atoms with Crippen molar-refractivity contribution in [2.24, 2.45) is 0 Å². The first-order valence-electron chi connectivity index (χ1n) is 13.4. The first kappa shape index (κ1) is 27.8. The summed E-state index contributed by atoms with van der Waals surface area (Å²) in [6, 6.07) is 20.9. The number of benzene rings is 3. The van der Waals surface area contributed by atoms with Gasteiger partial charge in [-0.25, -0.2) is 4.79 Å². The highest BCUT2D eigenvalue weighted by molar-refractivity contribution is 6.31. The van der Waals surface area contributed by atoms with Crippen LogP contribution in [0, 0.1) is 0 Å². The van der Waals surface area contributed by atoms with E-state index < -0.39 is 0 Å². The molecule has 0 saturated carbocycles. The van der Waals surface area contributed by atoms with Gasteiger partial charge in [-0.15, -0.1) is 0 Å². The zero-order valence-corrected chi connectivity index (χ0v) is 22.5. The number of esters is 1. The average molecular weight is 507 g/mol. The van der Waals surface area contributed by atoms with Gasteiger partial charge >= 0.3 is 5.97 Å². The number of halogens is 1. The molecule has 0 unspecified atom stereocenters. The lowest BCUT2D eigenvalue weighted by molar-refractivity contribution is 0.0734. The summed E-state index contributed by atoms with van der Waals surface area (Å²) < 4.78 is 11.2. The molecule has 0 aromatic heterocycles. The van der Waals surface area contributed by atoms with Gasteiger partial charge in [0.1, 0.15) is 11.5 Å². The Balaban J connectivity index is 1.51. The second-order valence-corrected chi connectivity index (χ2v) is 9.72. The quantitative estimate of drug-likeness (QED) is 0.117. The molecule has 0 aliphatic heterocycles. The van der Waals surface area contributed by atoms with Crippen LogP contribution in [0.25, 0.3) is 11.1 Å². The summed E-state index contributed by atoms with van der Waals surface area (Å²) in [5, 5.41) is 0.808. The van der Waals surface area contributed by atoms with E-state index in [4.69, 9.17) is 21.1 Å². The van der Waals surface area contributed by atoms with Gasteiger partial charge in [-0.1, -0.05) is 94.7 Å². The van der Waals surface area contributed by atoms with Crippen LogP contribution in [0.2, 0.25) is 5.02 Å². The van der Waals surface area contributed by atoms with E-state index >= 15 is 0 Å². The Morgan fingerprint density at radius 1 is 0.694 bits per heavy atom. The highest BCUT2D eigenvalue weighted by Gasteiger charge is 2.10. The zero-order valence-electron chi connectivity index (χ0n) is 21.7. The van der Waals surface area contributed by atoms with Crippen LogP contribution < -0.4 is 9.47 Å². The summed E-state index contributed by atoms with van der Waals surface area (Å²) in [6.45, 7) is 5.11. The van der Waals surface area contributed by atoms with Crippen molar-refractivity contribution < 1.29 is 14.3 Å². The van der Waals surface area contributed by atoms with E-state index in [9.17, 15) is 4.79 Å².